The number of fused-ring (bicyclic) bond motifs is 1. The zero-order valence-electron chi connectivity index (χ0n) is 18.1. The van der Waals surface area contributed by atoms with Gasteiger partial charge in [-0.15, -0.1) is 0 Å². The van der Waals surface area contributed by atoms with Gasteiger partial charge in [0.05, 0.1) is 12.7 Å². The van der Waals surface area contributed by atoms with Gasteiger partial charge in [-0.2, -0.15) is 0 Å². The third kappa shape index (κ3) is 4.16. The van der Waals surface area contributed by atoms with Gasteiger partial charge < -0.3 is 19.6 Å². The maximum Gasteiger partial charge on any atom is 0.258 e. The predicted molar refractivity (Wildman–Crippen MR) is 117 cm³/mol. The van der Waals surface area contributed by atoms with Gasteiger partial charge in [-0.1, -0.05) is 25.1 Å². The first-order valence-electron chi connectivity index (χ1n) is 10.7. The molecule has 0 spiro atoms. The molecule has 160 valence electrons. The Hall–Kier alpha value is -2.57. The first kappa shape index (κ1) is 20.7. The van der Waals surface area contributed by atoms with Crippen LogP contribution < -0.4 is 4.74 Å². The number of phenolic OH excluding ortho intramolecular Hbond substituents is 1. The van der Waals surface area contributed by atoms with E-state index >= 15 is 0 Å². The summed E-state index contributed by atoms with van der Waals surface area (Å²) in [6.45, 7) is 8.53. The molecule has 30 heavy (non-hydrogen) atoms. The fourth-order valence-corrected chi connectivity index (χ4v) is 4.38. The van der Waals surface area contributed by atoms with E-state index in [0.717, 1.165) is 44.7 Å². The van der Waals surface area contributed by atoms with Gasteiger partial charge >= 0.3 is 0 Å². The highest BCUT2D eigenvalue weighted by atomic mass is 16.5. The number of carbonyl (C=O) groups is 1. The quantitative estimate of drug-likeness (QED) is 0.823. The standard InChI is InChI=1S/C24H31N3O3/c1-4-18-12-21(22(28)13-23(18)30-3)24(29)27-15-19-6-5-17(11-20(19)16-27)14-26-9-7-25(2)8-10-26/h5-6,11-13,28H,4,7-10,14-16H2,1-3H3. The summed E-state index contributed by atoms with van der Waals surface area (Å²) in [6.07, 6.45) is 0.736. The molecule has 1 saturated heterocycles. The first-order valence-corrected chi connectivity index (χ1v) is 10.7. The molecular weight excluding hydrogens is 378 g/mol. The molecule has 0 aromatic heterocycles. The van der Waals surface area contributed by atoms with Crippen LogP contribution >= 0.6 is 0 Å². The summed E-state index contributed by atoms with van der Waals surface area (Å²) in [5, 5.41) is 10.4. The summed E-state index contributed by atoms with van der Waals surface area (Å²) >= 11 is 0. The molecule has 6 nitrogen and oxygen atoms in total. The minimum atomic E-state index is -0.137. The molecule has 6 heteroatoms. The van der Waals surface area contributed by atoms with Gasteiger partial charge in [0.2, 0.25) is 0 Å². The van der Waals surface area contributed by atoms with Gasteiger partial charge in [0.25, 0.3) is 5.91 Å². The Kier molecular flexibility index (Phi) is 5.97. The molecular formula is C24H31N3O3. The van der Waals surface area contributed by atoms with Crippen LogP contribution in [0, 0.1) is 0 Å². The van der Waals surface area contributed by atoms with Gasteiger partial charge in [-0.3, -0.25) is 9.69 Å². The molecule has 2 aromatic carbocycles. The van der Waals surface area contributed by atoms with Crippen LogP contribution in [0.2, 0.25) is 0 Å². The smallest absolute Gasteiger partial charge is 0.258 e. The molecule has 2 aliphatic heterocycles. The van der Waals surface area contributed by atoms with E-state index in [4.69, 9.17) is 4.74 Å². The number of phenols is 1. The zero-order valence-corrected chi connectivity index (χ0v) is 18.1. The van der Waals surface area contributed by atoms with Gasteiger partial charge in [0.15, 0.2) is 0 Å². The topological polar surface area (TPSA) is 56.3 Å². The Morgan fingerprint density at radius 2 is 1.80 bits per heavy atom. The number of aryl methyl sites for hydroxylation is 1. The molecule has 1 amide bonds. The third-order valence-corrected chi connectivity index (χ3v) is 6.29. The van der Waals surface area contributed by atoms with Crippen LogP contribution in [0.5, 0.6) is 11.5 Å². The maximum atomic E-state index is 13.1. The average Bonchev–Trinajstić information content (AvgIpc) is 3.18. The van der Waals surface area contributed by atoms with Crippen LogP contribution in [0.4, 0.5) is 0 Å². The summed E-state index contributed by atoms with van der Waals surface area (Å²) < 4.78 is 5.32. The highest BCUT2D eigenvalue weighted by molar-refractivity contribution is 5.97. The maximum absolute atomic E-state index is 13.1. The molecule has 2 heterocycles. The number of likely N-dealkylation sites (N-methyl/N-ethyl adjacent to an activating group) is 1. The normalized spacial score (nSPS) is 17.2. The third-order valence-electron chi connectivity index (χ3n) is 6.29. The molecule has 0 radical (unpaired) electrons. The van der Waals surface area contributed by atoms with E-state index in [0.29, 0.717) is 24.4 Å². The number of piperazine rings is 1. The van der Waals surface area contributed by atoms with Crippen molar-refractivity contribution in [3.05, 3.63) is 58.1 Å². The lowest BCUT2D eigenvalue weighted by atomic mass is 10.1. The summed E-state index contributed by atoms with van der Waals surface area (Å²) in [5.74, 6) is 0.451. The summed E-state index contributed by atoms with van der Waals surface area (Å²) in [6, 6.07) is 9.89. The fourth-order valence-electron chi connectivity index (χ4n) is 4.38. The highest BCUT2D eigenvalue weighted by Crippen LogP contribution is 2.32. The number of nitrogens with zero attached hydrogens (tertiary/aromatic N) is 3. The van der Waals surface area contributed by atoms with E-state index in [1.54, 1.807) is 19.2 Å². The Morgan fingerprint density at radius 1 is 1.07 bits per heavy atom. The number of ether oxygens (including phenoxy) is 1. The van der Waals surface area contributed by atoms with E-state index in [1.807, 2.05) is 11.8 Å². The van der Waals surface area contributed by atoms with Gasteiger partial charge in [0, 0.05) is 51.9 Å². The molecule has 0 saturated carbocycles. The molecule has 1 N–H and O–H groups in total. The van der Waals surface area contributed by atoms with Crippen molar-refractivity contribution < 1.29 is 14.6 Å². The van der Waals surface area contributed by atoms with E-state index in [-0.39, 0.29) is 11.7 Å². The summed E-state index contributed by atoms with van der Waals surface area (Å²) in [5.41, 5.74) is 4.96. The van der Waals surface area contributed by atoms with E-state index < -0.39 is 0 Å². The predicted octanol–water partition coefficient (Wildman–Crippen LogP) is 2.87. The van der Waals surface area contributed by atoms with Crippen LogP contribution in [-0.4, -0.2) is 66.0 Å². The Morgan fingerprint density at radius 3 is 2.50 bits per heavy atom. The summed E-state index contributed by atoms with van der Waals surface area (Å²) in [4.78, 5) is 19.8. The number of methoxy groups -OCH3 is 1. The Balaban J connectivity index is 1.47. The number of benzene rings is 2. The van der Waals surface area contributed by atoms with Gasteiger partial charge in [-0.25, -0.2) is 0 Å². The van der Waals surface area contributed by atoms with Crippen LogP contribution in [0.1, 0.15) is 39.5 Å². The molecule has 2 aromatic rings. The second kappa shape index (κ2) is 8.66. The van der Waals surface area contributed by atoms with Crippen molar-refractivity contribution in [3.8, 4) is 11.5 Å². The largest absolute Gasteiger partial charge is 0.507 e. The second-order valence-corrected chi connectivity index (χ2v) is 8.38. The van der Waals surface area contributed by atoms with Gasteiger partial charge in [0.1, 0.15) is 11.5 Å². The minimum absolute atomic E-state index is 0.0271. The van der Waals surface area contributed by atoms with E-state index in [2.05, 4.69) is 35.0 Å². The van der Waals surface area contributed by atoms with Crippen molar-refractivity contribution in [2.75, 3.05) is 40.3 Å². The Bertz CT molecular complexity index is 936. The number of aromatic hydroxyl groups is 1. The molecule has 0 atom stereocenters. The molecule has 4 rings (SSSR count). The average molecular weight is 410 g/mol. The number of hydrogen-bond acceptors (Lipinski definition) is 5. The molecule has 2 aliphatic rings. The summed E-state index contributed by atoms with van der Waals surface area (Å²) in [7, 11) is 3.74. The van der Waals surface area contributed by atoms with Crippen molar-refractivity contribution in [1.29, 1.82) is 0 Å². The molecule has 0 unspecified atom stereocenters. The minimum Gasteiger partial charge on any atom is -0.507 e. The number of hydrogen-bond donors (Lipinski definition) is 1. The number of carbonyl (C=O) groups excluding carboxylic acids is 1. The van der Waals surface area contributed by atoms with Gasteiger partial charge in [-0.05, 0) is 41.8 Å². The SMILES string of the molecule is CCc1cc(C(=O)N2Cc3ccc(CN4CCN(C)CC4)cc3C2)c(O)cc1OC. The lowest BCUT2D eigenvalue weighted by Gasteiger charge is -2.32. The van der Waals surface area contributed by atoms with E-state index in [1.165, 1.54) is 16.7 Å². The van der Waals surface area contributed by atoms with Crippen molar-refractivity contribution in [2.24, 2.45) is 0 Å². The molecule has 1 fully saturated rings. The van der Waals surface area contributed by atoms with Crippen molar-refractivity contribution in [1.82, 2.24) is 14.7 Å². The molecule has 0 bridgehead atoms. The van der Waals surface area contributed by atoms with Crippen LogP contribution in [0.3, 0.4) is 0 Å². The van der Waals surface area contributed by atoms with Crippen molar-refractivity contribution in [2.45, 2.75) is 33.0 Å². The lowest BCUT2D eigenvalue weighted by Crippen LogP contribution is -2.43. The zero-order chi connectivity index (χ0) is 21.3. The van der Waals surface area contributed by atoms with Crippen LogP contribution in [-0.2, 0) is 26.1 Å². The monoisotopic (exact) mass is 409 g/mol. The van der Waals surface area contributed by atoms with E-state index in [9.17, 15) is 9.90 Å². The second-order valence-electron chi connectivity index (χ2n) is 8.38. The highest BCUT2D eigenvalue weighted by Gasteiger charge is 2.27. The first-order chi connectivity index (χ1) is 14.5. The van der Waals surface area contributed by atoms with Crippen molar-refractivity contribution >= 4 is 5.91 Å². The molecule has 0 aliphatic carbocycles. The lowest BCUT2D eigenvalue weighted by molar-refractivity contribution is 0.0748. The van der Waals surface area contributed by atoms with Crippen LogP contribution in [0.15, 0.2) is 30.3 Å². The fraction of sp³-hybridized carbons (Fsp3) is 0.458. The Labute approximate surface area is 178 Å². The van der Waals surface area contributed by atoms with Crippen LogP contribution in [0.25, 0.3) is 0 Å². The van der Waals surface area contributed by atoms with Crippen molar-refractivity contribution in [3.63, 3.8) is 0 Å². The number of rotatable bonds is 5. The number of amides is 1.